The summed E-state index contributed by atoms with van der Waals surface area (Å²) in [6.07, 6.45) is 1.28. The standard InChI is InChI=1S/C16H19N3O3/c1-19-10-12(15(17)21)8-14(19)16(22)18-9-13(20)7-11-5-3-2-4-6-11/h2-6,8,10,13,20H,7,9H2,1H3,(H2,17,21)(H,18,22). The van der Waals surface area contributed by atoms with Crippen molar-refractivity contribution in [2.75, 3.05) is 6.54 Å². The summed E-state index contributed by atoms with van der Waals surface area (Å²) >= 11 is 0. The maximum Gasteiger partial charge on any atom is 0.268 e. The van der Waals surface area contributed by atoms with E-state index in [0.29, 0.717) is 12.1 Å². The maximum absolute atomic E-state index is 12.1. The fourth-order valence-corrected chi connectivity index (χ4v) is 2.18. The van der Waals surface area contributed by atoms with Crippen molar-refractivity contribution in [3.8, 4) is 0 Å². The van der Waals surface area contributed by atoms with Gasteiger partial charge in [-0.1, -0.05) is 30.3 Å². The maximum atomic E-state index is 12.1. The van der Waals surface area contributed by atoms with Crippen molar-refractivity contribution in [1.82, 2.24) is 9.88 Å². The number of aryl methyl sites for hydroxylation is 1. The Hall–Kier alpha value is -2.60. The zero-order chi connectivity index (χ0) is 16.1. The Morgan fingerprint density at radius 2 is 2.00 bits per heavy atom. The third kappa shape index (κ3) is 3.95. The molecular formula is C16H19N3O3. The summed E-state index contributed by atoms with van der Waals surface area (Å²) in [4.78, 5) is 23.2. The molecule has 0 aliphatic rings. The molecular weight excluding hydrogens is 282 g/mol. The SMILES string of the molecule is Cn1cc(C(N)=O)cc1C(=O)NCC(O)Cc1ccccc1. The lowest BCUT2D eigenvalue weighted by Gasteiger charge is -2.12. The van der Waals surface area contributed by atoms with Crippen LogP contribution in [0.15, 0.2) is 42.6 Å². The minimum Gasteiger partial charge on any atom is -0.391 e. The number of nitrogens with one attached hydrogen (secondary N) is 1. The number of aromatic nitrogens is 1. The van der Waals surface area contributed by atoms with E-state index in [2.05, 4.69) is 5.32 Å². The van der Waals surface area contributed by atoms with Gasteiger partial charge in [-0.15, -0.1) is 0 Å². The molecule has 6 nitrogen and oxygen atoms in total. The largest absolute Gasteiger partial charge is 0.391 e. The van der Waals surface area contributed by atoms with E-state index in [1.165, 1.54) is 16.8 Å². The highest BCUT2D eigenvalue weighted by atomic mass is 16.3. The summed E-state index contributed by atoms with van der Waals surface area (Å²) in [6.45, 7) is 0.130. The van der Waals surface area contributed by atoms with Gasteiger partial charge in [0.1, 0.15) is 5.69 Å². The number of aliphatic hydroxyl groups is 1. The highest BCUT2D eigenvalue weighted by Crippen LogP contribution is 2.07. The molecule has 0 fully saturated rings. The Morgan fingerprint density at radius 1 is 1.32 bits per heavy atom. The molecule has 0 radical (unpaired) electrons. The first-order valence-corrected chi connectivity index (χ1v) is 6.93. The van der Waals surface area contributed by atoms with Gasteiger partial charge in [0.2, 0.25) is 5.91 Å². The first-order chi connectivity index (χ1) is 10.5. The summed E-state index contributed by atoms with van der Waals surface area (Å²) in [5, 5.41) is 12.6. The number of hydrogen-bond donors (Lipinski definition) is 3. The van der Waals surface area contributed by atoms with Gasteiger partial charge >= 0.3 is 0 Å². The average molecular weight is 301 g/mol. The van der Waals surface area contributed by atoms with Gasteiger partial charge in [-0.25, -0.2) is 0 Å². The second-order valence-electron chi connectivity index (χ2n) is 5.14. The van der Waals surface area contributed by atoms with Crippen LogP contribution in [-0.4, -0.2) is 34.1 Å². The lowest BCUT2D eigenvalue weighted by Crippen LogP contribution is -2.34. The third-order valence-corrected chi connectivity index (χ3v) is 3.33. The fraction of sp³-hybridized carbons (Fsp3) is 0.250. The summed E-state index contributed by atoms with van der Waals surface area (Å²) < 4.78 is 1.53. The first-order valence-electron chi connectivity index (χ1n) is 6.93. The molecule has 2 amide bonds. The number of amides is 2. The molecule has 0 aliphatic heterocycles. The molecule has 0 saturated carbocycles. The van der Waals surface area contributed by atoms with E-state index in [-0.39, 0.29) is 18.0 Å². The molecule has 0 bridgehead atoms. The van der Waals surface area contributed by atoms with Crippen LogP contribution in [0, 0.1) is 0 Å². The molecule has 116 valence electrons. The topological polar surface area (TPSA) is 97.4 Å². The molecule has 1 heterocycles. The number of primary amides is 1. The minimum absolute atomic E-state index is 0.130. The molecule has 2 rings (SSSR count). The van der Waals surface area contributed by atoms with Crippen molar-refractivity contribution in [1.29, 1.82) is 0 Å². The number of hydrogen-bond acceptors (Lipinski definition) is 3. The number of rotatable bonds is 6. The molecule has 0 spiro atoms. The van der Waals surface area contributed by atoms with Crippen LogP contribution >= 0.6 is 0 Å². The van der Waals surface area contributed by atoms with Crippen LogP contribution in [-0.2, 0) is 13.5 Å². The van der Waals surface area contributed by atoms with Crippen LogP contribution in [0.1, 0.15) is 26.4 Å². The van der Waals surface area contributed by atoms with Crippen LogP contribution in [0.2, 0.25) is 0 Å². The zero-order valence-electron chi connectivity index (χ0n) is 12.3. The Labute approximate surface area is 128 Å². The number of carbonyl (C=O) groups excluding carboxylic acids is 2. The highest BCUT2D eigenvalue weighted by Gasteiger charge is 2.15. The van der Waals surface area contributed by atoms with Crippen LogP contribution in [0.3, 0.4) is 0 Å². The van der Waals surface area contributed by atoms with Gasteiger partial charge in [0, 0.05) is 26.2 Å². The second kappa shape index (κ2) is 6.91. The average Bonchev–Trinajstić information content (AvgIpc) is 2.88. The predicted octanol–water partition coefficient (Wildman–Crippen LogP) is 0.457. The van der Waals surface area contributed by atoms with Crippen LogP contribution < -0.4 is 11.1 Å². The first kappa shape index (κ1) is 15.8. The van der Waals surface area contributed by atoms with Crippen LogP contribution in [0.4, 0.5) is 0 Å². The lowest BCUT2D eigenvalue weighted by molar-refractivity contribution is 0.0908. The van der Waals surface area contributed by atoms with E-state index < -0.39 is 12.0 Å². The Bertz CT molecular complexity index is 665. The molecule has 0 aliphatic carbocycles. The number of nitrogens with two attached hydrogens (primary N) is 1. The molecule has 1 aromatic heterocycles. The van der Waals surface area contributed by atoms with Crippen LogP contribution in [0.5, 0.6) is 0 Å². The van der Waals surface area contributed by atoms with Gasteiger partial charge in [-0.3, -0.25) is 9.59 Å². The third-order valence-electron chi connectivity index (χ3n) is 3.33. The zero-order valence-corrected chi connectivity index (χ0v) is 12.3. The number of nitrogens with zero attached hydrogens (tertiary/aromatic N) is 1. The molecule has 0 saturated heterocycles. The van der Waals surface area contributed by atoms with Gasteiger partial charge in [0.05, 0.1) is 11.7 Å². The van der Waals surface area contributed by atoms with Crippen LogP contribution in [0.25, 0.3) is 0 Å². The van der Waals surface area contributed by atoms with E-state index >= 15 is 0 Å². The van der Waals surface area contributed by atoms with E-state index in [0.717, 1.165) is 5.56 Å². The van der Waals surface area contributed by atoms with Crippen molar-refractivity contribution in [3.63, 3.8) is 0 Å². The minimum atomic E-state index is -0.678. The molecule has 22 heavy (non-hydrogen) atoms. The van der Waals surface area contributed by atoms with E-state index in [4.69, 9.17) is 5.73 Å². The molecule has 1 aromatic carbocycles. The normalized spacial score (nSPS) is 11.9. The smallest absolute Gasteiger partial charge is 0.268 e. The van der Waals surface area contributed by atoms with Gasteiger partial charge in [0.25, 0.3) is 5.91 Å². The van der Waals surface area contributed by atoms with E-state index in [9.17, 15) is 14.7 Å². The Kier molecular flexibility index (Phi) is 4.95. The van der Waals surface area contributed by atoms with E-state index in [1.807, 2.05) is 30.3 Å². The lowest BCUT2D eigenvalue weighted by atomic mass is 10.1. The van der Waals surface area contributed by atoms with Gasteiger partial charge in [-0.05, 0) is 11.6 Å². The van der Waals surface area contributed by atoms with Gasteiger partial charge in [0.15, 0.2) is 0 Å². The Balaban J connectivity index is 1.91. The number of aliphatic hydroxyl groups excluding tert-OH is 1. The van der Waals surface area contributed by atoms with Crippen molar-refractivity contribution < 1.29 is 14.7 Å². The molecule has 1 unspecified atom stereocenters. The molecule has 6 heteroatoms. The molecule has 1 atom stereocenters. The molecule has 4 N–H and O–H groups in total. The van der Waals surface area contributed by atoms with Crippen molar-refractivity contribution in [3.05, 3.63) is 59.4 Å². The summed E-state index contributed by atoms with van der Waals surface area (Å²) in [7, 11) is 1.65. The van der Waals surface area contributed by atoms with Gasteiger partial charge in [-0.2, -0.15) is 0 Å². The predicted molar refractivity (Wildman–Crippen MR) is 82.4 cm³/mol. The molecule has 2 aromatic rings. The summed E-state index contributed by atoms with van der Waals surface area (Å²) in [5.41, 5.74) is 6.78. The monoisotopic (exact) mass is 301 g/mol. The summed E-state index contributed by atoms with van der Waals surface area (Å²) in [6, 6.07) is 11.0. The number of carbonyl (C=O) groups is 2. The number of benzene rings is 1. The Morgan fingerprint density at radius 3 is 2.59 bits per heavy atom. The van der Waals surface area contributed by atoms with Gasteiger partial charge < -0.3 is 20.7 Å². The summed E-state index contributed by atoms with van der Waals surface area (Å²) in [5.74, 6) is -0.944. The highest BCUT2D eigenvalue weighted by molar-refractivity contribution is 5.98. The van der Waals surface area contributed by atoms with E-state index in [1.54, 1.807) is 7.05 Å². The second-order valence-corrected chi connectivity index (χ2v) is 5.14. The quantitative estimate of drug-likeness (QED) is 0.723. The van der Waals surface area contributed by atoms with Crippen molar-refractivity contribution in [2.24, 2.45) is 12.8 Å². The van der Waals surface area contributed by atoms with Crippen molar-refractivity contribution >= 4 is 11.8 Å². The van der Waals surface area contributed by atoms with Crippen molar-refractivity contribution in [2.45, 2.75) is 12.5 Å². The fourth-order valence-electron chi connectivity index (χ4n) is 2.18.